The Hall–Kier alpha value is -3.23. The lowest BCUT2D eigenvalue weighted by molar-refractivity contribution is -0.188. The third-order valence-electron chi connectivity index (χ3n) is 6.60. The standard InChI is InChI=1S/C18H24N4O3.C8H11N.C4H10/c1-19-12-18(25)21-13-17(24)20(11-16(21)22(19)14-23)10-6-5-9-15-7-3-2-4-8-15;1-9-7-8-5-3-2-4-6-8;1-3-4-2/h2-4,7-8,14,16H,5-6,9-13H2,1H3;2-6,9H,7H2,1H3;3-4H2,1-2H3. The van der Waals surface area contributed by atoms with Crippen LogP contribution in [0.15, 0.2) is 60.7 Å². The fourth-order valence-corrected chi connectivity index (χ4v) is 4.27. The molecular formula is C30H45N5O3. The van der Waals surface area contributed by atoms with E-state index in [9.17, 15) is 14.4 Å². The zero-order chi connectivity index (χ0) is 27.8. The highest BCUT2D eigenvalue weighted by molar-refractivity contribution is 5.88. The molecule has 8 heteroatoms. The van der Waals surface area contributed by atoms with Gasteiger partial charge in [0.1, 0.15) is 12.7 Å². The maximum absolute atomic E-state index is 12.3. The first-order valence-corrected chi connectivity index (χ1v) is 13.7. The molecule has 2 aromatic rings. The van der Waals surface area contributed by atoms with Crippen molar-refractivity contribution in [3.8, 4) is 0 Å². The molecule has 0 spiro atoms. The maximum atomic E-state index is 12.3. The minimum absolute atomic E-state index is 0.0419. The summed E-state index contributed by atoms with van der Waals surface area (Å²) in [6, 6.07) is 20.6. The van der Waals surface area contributed by atoms with E-state index >= 15 is 0 Å². The highest BCUT2D eigenvalue weighted by atomic mass is 16.2. The maximum Gasteiger partial charge on any atom is 0.242 e. The van der Waals surface area contributed by atoms with E-state index in [-0.39, 0.29) is 24.9 Å². The van der Waals surface area contributed by atoms with Crippen LogP contribution < -0.4 is 5.32 Å². The number of benzene rings is 2. The predicted octanol–water partition coefficient (Wildman–Crippen LogP) is 3.54. The molecule has 0 saturated carbocycles. The summed E-state index contributed by atoms with van der Waals surface area (Å²) in [5.74, 6) is -0.151. The normalized spacial score (nSPS) is 17.2. The van der Waals surface area contributed by atoms with E-state index in [1.165, 1.54) is 33.9 Å². The smallest absolute Gasteiger partial charge is 0.242 e. The van der Waals surface area contributed by atoms with Gasteiger partial charge in [0.25, 0.3) is 0 Å². The molecule has 1 atom stereocenters. The quantitative estimate of drug-likeness (QED) is 0.402. The number of hydrogen-bond acceptors (Lipinski definition) is 5. The van der Waals surface area contributed by atoms with Crippen LogP contribution in [-0.4, -0.2) is 84.5 Å². The van der Waals surface area contributed by atoms with Gasteiger partial charge >= 0.3 is 0 Å². The number of carbonyl (C=O) groups is 3. The molecule has 1 unspecified atom stereocenters. The zero-order valence-electron chi connectivity index (χ0n) is 23.5. The third kappa shape index (κ3) is 9.91. The van der Waals surface area contributed by atoms with Crippen LogP contribution in [0.25, 0.3) is 0 Å². The SMILES string of the molecule is CCCC.CN1CC(=O)N2CC(=O)N(CCCCc3ccccc3)CC2N1C=O.CNCc1ccccc1. The average Bonchev–Trinajstić information content (AvgIpc) is 2.94. The molecule has 4 rings (SSSR count). The minimum atomic E-state index is -0.393. The van der Waals surface area contributed by atoms with Crippen LogP contribution in [0.1, 0.15) is 50.7 Å². The first-order chi connectivity index (χ1) is 18.4. The van der Waals surface area contributed by atoms with Gasteiger partial charge in [0, 0.05) is 20.1 Å². The predicted molar refractivity (Wildman–Crippen MR) is 152 cm³/mol. The van der Waals surface area contributed by atoms with Crippen molar-refractivity contribution in [2.24, 2.45) is 0 Å². The zero-order valence-corrected chi connectivity index (χ0v) is 23.5. The van der Waals surface area contributed by atoms with E-state index in [1.54, 1.807) is 17.0 Å². The van der Waals surface area contributed by atoms with Gasteiger partial charge in [0.05, 0.1) is 13.1 Å². The molecule has 2 heterocycles. The Morgan fingerprint density at radius 3 is 2.03 bits per heavy atom. The summed E-state index contributed by atoms with van der Waals surface area (Å²) in [4.78, 5) is 39.2. The van der Waals surface area contributed by atoms with Crippen LogP contribution in [0.4, 0.5) is 0 Å². The van der Waals surface area contributed by atoms with Crippen LogP contribution >= 0.6 is 0 Å². The van der Waals surface area contributed by atoms with E-state index < -0.39 is 6.17 Å². The summed E-state index contributed by atoms with van der Waals surface area (Å²) in [6.45, 7) is 6.53. The van der Waals surface area contributed by atoms with Crippen LogP contribution in [0.5, 0.6) is 0 Å². The van der Waals surface area contributed by atoms with Crippen molar-refractivity contribution in [2.75, 3.05) is 40.3 Å². The Balaban J connectivity index is 0.000000322. The lowest BCUT2D eigenvalue weighted by atomic mass is 10.1. The highest BCUT2D eigenvalue weighted by Crippen LogP contribution is 2.20. The molecule has 8 nitrogen and oxygen atoms in total. The Bertz CT molecular complexity index is 955. The van der Waals surface area contributed by atoms with E-state index in [0.29, 0.717) is 13.1 Å². The number of unbranched alkanes of at least 4 members (excludes halogenated alkanes) is 2. The molecule has 2 aliphatic rings. The van der Waals surface area contributed by atoms with Gasteiger partial charge in [-0.2, -0.15) is 0 Å². The molecule has 0 radical (unpaired) electrons. The van der Waals surface area contributed by atoms with Gasteiger partial charge in [-0.05, 0) is 37.4 Å². The van der Waals surface area contributed by atoms with Gasteiger partial charge in [-0.25, -0.2) is 5.01 Å². The van der Waals surface area contributed by atoms with Crippen molar-refractivity contribution in [2.45, 2.75) is 58.7 Å². The summed E-state index contributed by atoms with van der Waals surface area (Å²) in [6.07, 6.45) is 5.86. The van der Waals surface area contributed by atoms with E-state index in [1.807, 2.05) is 43.4 Å². The number of amides is 3. The molecule has 2 fully saturated rings. The summed E-state index contributed by atoms with van der Waals surface area (Å²) in [7, 11) is 3.66. The number of piperazine rings is 1. The molecule has 38 heavy (non-hydrogen) atoms. The highest BCUT2D eigenvalue weighted by Gasteiger charge is 2.42. The molecule has 0 aliphatic carbocycles. The van der Waals surface area contributed by atoms with Gasteiger partial charge in [0.2, 0.25) is 18.2 Å². The summed E-state index contributed by atoms with van der Waals surface area (Å²) in [5.41, 5.74) is 2.63. The second-order valence-corrected chi connectivity index (χ2v) is 9.60. The van der Waals surface area contributed by atoms with Crippen molar-refractivity contribution in [1.82, 2.24) is 25.1 Å². The molecular weight excluding hydrogens is 478 g/mol. The number of likely N-dealkylation sites (N-methyl/N-ethyl adjacent to an activating group) is 1. The molecule has 3 amide bonds. The Morgan fingerprint density at radius 2 is 1.47 bits per heavy atom. The number of carbonyl (C=O) groups excluding carboxylic acids is 3. The van der Waals surface area contributed by atoms with Crippen LogP contribution in [0.3, 0.4) is 0 Å². The first kappa shape index (κ1) is 31.0. The molecule has 208 valence electrons. The molecule has 1 N–H and O–H groups in total. The van der Waals surface area contributed by atoms with Crippen molar-refractivity contribution >= 4 is 18.2 Å². The van der Waals surface area contributed by atoms with Gasteiger partial charge in [-0.15, -0.1) is 0 Å². The van der Waals surface area contributed by atoms with E-state index in [4.69, 9.17) is 0 Å². The fourth-order valence-electron chi connectivity index (χ4n) is 4.27. The fraction of sp³-hybridized carbons (Fsp3) is 0.500. The van der Waals surface area contributed by atoms with Crippen LogP contribution in [-0.2, 0) is 27.3 Å². The molecule has 2 saturated heterocycles. The average molecular weight is 524 g/mol. The van der Waals surface area contributed by atoms with Gasteiger partial charge in [-0.1, -0.05) is 87.4 Å². The Kier molecular flexibility index (Phi) is 14.1. The second kappa shape index (κ2) is 17.3. The minimum Gasteiger partial charge on any atom is -0.337 e. The van der Waals surface area contributed by atoms with Gasteiger partial charge < -0.3 is 15.1 Å². The van der Waals surface area contributed by atoms with Gasteiger partial charge in [0.15, 0.2) is 0 Å². The topological polar surface area (TPSA) is 76.2 Å². The molecule has 2 aromatic carbocycles. The lowest BCUT2D eigenvalue weighted by Crippen LogP contribution is -2.71. The number of nitrogens with zero attached hydrogens (tertiary/aromatic N) is 4. The van der Waals surface area contributed by atoms with Crippen molar-refractivity contribution in [3.63, 3.8) is 0 Å². The van der Waals surface area contributed by atoms with E-state index in [2.05, 4.69) is 43.4 Å². The van der Waals surface area contributed by atoms with Crippen molar-refractivity contribution in [3.05, 3.63) is 71.8 Å². The number of nitrogens with one attached hydrogen (secondary N) is 1. The summed E-state index contributed by atoms with van der Waals surface area (Å²) in [5, 5.41) is 6.20. The Morgan fingerprint density at radius 1 is 0.868 bits per heavy atom. The molecule has 2 aliphatic heterocycles. The third-order valence-corrected chi connectivity index (χ3v) is 6.60. The van der Waals surface area contributed by atoms with Gasteiger partial charge in [-0.3, -0.25) is 19.4 Å². The summed E-state index contributed by atoms with van der Waals surface area (Å²) < 4.78 is 0. The summed E-state index contributed by atoms with van der Waals surface area (Å²) >= 11 is 0. The number of hydrazine groups is 1. The largest absolute Gasteiger partial charge is 0.337 e. The second-order valence-electron chi connectivity index (χ2n) is 9.60. The lowest BCUT2D eigenvalue weighted by Gasteiger charge is -2.50. The molecule has 0 aromatic heterocycles. The number of aryl methyl sites for hydroxylation is 1. The number of fused-ring (bicyclic) bond motifs is 1. The van der Waals surface area contributed by atoms with Crippen molar-refractivity contribution in [1.29, 1.82) is 0 Å². The Labute approximate surface area is 228 Å². The monoisotopic (exact) mass is 523 g/mol. The van der Waals surface area contributed by atoms with Crippen molar-refractivity contribution < 1.29 is 14.4 Å². The first-order valence-electron chi connectivity index (χ1n) is 13.7. The molecule has 0 bridgehead atoms. The van der Waals surface area contributed by atoms with Crippen LogP contribution in [0.2, 0.25) is 0 Å². The number of hydrogen-bond donors (Lipinski definition) is 1. The van der Waals surface area contributed by atoms with E-state index in [0.717, 1.165) is 32.2 Å². The number of rotatable bonds is 9. The van der Waals surface area contributed by atoms with Crippen LogP contribution in [0, 0.1) is 0 Å².